The minimum Gasteiger partial charge on any atom is -0.493 e. The molecule has 0 aromatic carbocycles. The van der Waals surface area contributed by atoms with Crippen molar-refractivity contribution in [2.45, 2.75) is 39.7 Å². The van der Waals surface area contributed by atoms with Gasteiger partial charge in [0.05, 0.1) is 0 Å². The Balaban J connectivity index is 2.37. The highest BCUT2D eigenvalue weighted by Gasteiger charge is 2.52. The van der Waals surface area contributed by atoms with Gasteiger partial charge in [0.1, 0.15) is 18.1 Å². The van der Waals surface area contributed by atoms with Crippen molar-refractivity contribution in [3.8, 4) is 0 Å². The molecule has 1 saturated heterocycles. The second kappa shape index (κ2) is 4.99. The number of ether oxygens (including phenoxy) is 1. The summed E-state index contributed by atoms with van der Waals surface area (Å²) >= 11 is 0. The molecule has 2 fully saturated rings. The van der Waals surface area contributed by atoms with Crippen LogP contribution in [0.4, 0.5) is 0 Å². The summed E-state index contributed by atoms with van der Waals surface area (Å²) in [5, 5.41) is 0. The summed E-state index contributed by atoms with van der Waals surface area (Å²) in [5.74, 6) is 1.93. The van der Waals surface area contributed by atoms with E-state index in [2.05, 4.69) is 40.0 Å². The molecular weight excluding hydrogens is 236 g/mol. The highest BCUT2D eigenvalue weighted by Crippen LogP contribution is 2.54. The molecule has 1 aliphatic heterocycles. The molecule has 104 valence electrons. The number of hydrogen-bond acceptors (Lipinski definition) is 2. The lowest BCUT2D eigenvalue weighted by Crippen LogP contribution is -2.44. The molecule has 0 amide bonds. The van der Waals surface area contributed by atoms with Crippen molar-refractivity contribution in [1.29, 1.82) is 0 Å². The Kier molecular flexibility index (Phi) is 3.71. The predicted molar refractivity (Wildman–Crippen MR) is 77.5 cm³/mol. The van der Waals surface area contributed by atoms with Crippen LogP contribution in [0.3, 0.4) is 0 Å². The lowest BCUT2D eigenvalue weighted by atomic mass is 9.59. The van der Waals surface area contributed by atoms with Gasteiger partial charge in [0, 0.05) is 23.8 Å². The molecule has 0 aromatic heterocycles. The van der Waals surface area contributed by atoms with Gasteiger partial charge in [-0.25, -0.2) is 0 Å². The Hall–Kier alpha value is -1.31. The Bertz CT molecular complexity index is 435. The number of carbonyl (C=O) groups excluding carboxylic acids is 1. The van der Waals surface area contributed by atoms with Gasteiger partial charge in [-0.05, 0) is 25.2 Å². The third-order valence-corrected chi connectivity index (χ3v) is 5.07. The van der Waals surface area contributed by atoms with Gasteiger partial charge in [0.15, 0.2) is 0 Å². The van der Waals surface area contributed by atoms with E-state index >= 15 is 0 Å². The minimum absolute atomic E-state index is 0.0450. The van der Waals surface area contributed by atoms with Crippen LogP contribution in [-0.4, -0.2) is 12.4 Å². The molecule has 0 N–H and O–H groups in total. The van der Waals surface area contributed by atoms with E-state index in [0.29, 0.717) is 11.8 Å². The normalized spacial score (nSPS) is 43.4. The average Bonchev–Trinajstić information content (AvgIpc) is 2.66. The standard InChI is InChI=1S/C17H24O2/c1-6-17(5)9-7-13-12(4)14(8-10-18)19-16(13)15(17)11(2)3/h6,8,10,12-13,15-16H,1-2,7,9H2,3-5H3/b14-8-/t12-,13-,15-,16+,17-/m1/s1. The first-order valence-corrected chi connectivity index (χ1v) is 7.05. The molecule has 2 aliphatic rings. The maximum absolute atomic E-state index is 10.7. The Morgan fingerprint density at radius 2 is 2.21 bits per heavy atom. The van der Waals surface area contributed by atoms with Gasteiger partial charge in [0.25, 0.3) is 0 Å². The molecule has 1 aliphatic carbocycles. The smallest absolute Gasteiger partial charge is 0.146 e. The van der Waals surface area contributed by atoms with E-state index in [9.17, 15) is 4.79 Å². The molecule has 5 atom stereocenters. The summed E-state index contributed by atoms with van der Waals surface area (Å²) in [5.41, 5.74) is 1.19. The number of fused-ring (bicyclic) bond motifs is 1. The topological polar surface area (TPSA) is 26.3 Å². The van der Waals surface area contributed by atoms with Crippen LogP contribution in [0.2, 0.25) is 0 Å². The first-order chi connectivity index (χ1) is 8.94. The van der Waals surface area contributed by atoms with Crippen molar-refractivity contribution in [2.75, 3.05) is 0 Å². The predicted octanol–water partition coefficient (Wildman–Crippen LogP) is 3.90. The molecule has 19 heavy (non-hydrogen) atoms. The van der Waals surface area contributed by atoms with Gasteiger partial charge in [-0.15, -0.1) is 6.58 Å². The van der Waals surface area contributed by atoms with Gasteiger partial charge >= 0.3 is 0 Å². The molecule has 1 heterocycles. The fourth-order valence-corrected chi connectivity index (χ4v) is 3.92. The summed E-state index contributed by atoms with van der Waals surface area (Å²) in [6.45, 7) is 14.6. The van der Waals surface area contributed by atoms with Crippen LogP contribution in [0.15, 0.2) is 36.6 Å². The first kappa shape index (κ1) is 14.1. The molecule has 0 bridgehead atoms. The fraction of sp³-hybridized carbons (Fsp3) is 0.588. The van der Waals surface area contributed by atoms with Crippen LogP contribution < -0.4 is 0 Å². The molecule has 0 aromatic rings. The van der Waals surface area contributed by atoms with Crippen LogP contribution in [0.25, 0.3) is 0 Å². The van der Waals surface area contributed by atoms with Crippen molar-refractivity contribution in [2.24, 2.45) is 23.2 Å². The Labute approximate surface area is 116 Å². The van der Waals surface area contributed by atoms with E-state index < -0.39 is 0 Å². The van der Waals surface area contributed by atoms with E-state index in [1.807, 2.05) is 0 Å². The average molecular weight is 260 g/mol. The fourth-order valence-electron chi connectivity index (χ4n) is 3.92. The molecule has 0 radical (unpaired) electrons. The minimum atomic E-state index is 0.0450. The van der Waals surface area contributed by atoms with Crippen LogP contribution in [0, 0.1) is 23.2 Å². The largest absolute Gasteiger partial charge is 0.493 e. The zero-order valence-electron chi connectivity index (χ0n) is 12.2. The molecule has 2 nitrogen and oxygen atoms in total. The van der Waals surface area contributed by atoms with E-state index in [1.54, 1.807) is 6.08 Å². The number of carbonyl (C=O) groups is 1. The van der Waals surface area contributed by atoms with Crippen LogP contribution >= 0.6 is 0 Å². The molecule has 2 rings (SSSR count). The Morgan fingerprint density at radius 3 is 2.74 bits per heavy atom. The van der Waals surface area contributed by atoms with Gasteiger partial charge in [-0.2, -0.15) is 0 Å². The highest BCUT2D eigenvalue weighted by molar-refractivity contribution is 5.65. The number of allylic oxidation sites excluding steroid dienone is 3. The second-order valence-corrected chi connectivity index (χ2v) is 6.31. The summed E-state index contributed by atoms with van der Waals surface area (Å²) in [7, 11) is 0. The van der Waals surface area contributed by atoms with Gasteiger partial charge < -0.3 is 4.74 Å². The maximum atomic E-state index is 10.7. The van der Waals surface area contributed by atoms with Crippen molar-refractivity contribution in [1.82, 2.24) is 0 Å². The molecule has 1 saturated carbocycles. The van der Waals surface area contributed by atoms with E-state index in [-0.39, 0.29) is 17.4 Å². The summed E-state index contributed by atoms with van der Waals surface area (Å²) < 4.78 is 6.11. The van der Waals surface area contributed by atoms with Gasteiger partial charge in [-0.1, -0.05) is 32.1 Å². The van der Waals surface area contributed by atoms with Crippen molar-refractivity contribution in [3.63, 3.8) is 0 Å². The van der Waals surface area contributed by atoms with Crippen molar-refractivity contribution in [3.05, 3.63) is 36.6 Å². The summed E-state index contributed by atoms with van der Waals surface area (Å²) in [6.07, 6.45) is 6.81. The van der Waals surface area contributed by atoms with Crippen molar-refractivity contribution >= 4 is 6.29 Å². The van der Waals surface area contributed by atoms with E-state index in [0.717, 1.165) is 30.5 Å². The number of aldehydes is 1. The summed E-state index contributed by atoms with van der Waals surface area (Å²) in [4.78, 5) is 10.7. The monoisotopic (exact) mass is 260 g/mol. The SMILES string of the molecule is C=C[C@]1(C)CC[C@H]2[C@H](O/C(=C\C=O)[C@@H]2C)[C@H]1C(=C)C. The molecular formula is C17H24O2. The van der Waals surface area contributed by atoms with Gasteiger partial charge in [0.2, 0.25) is 0 Å². The zero-order valence-corrected chi connectivity index (χ0v) is 12.2. The zero-order chi connectivity index (χ0) is 14.2. The molecule has 0 spiro atoms. The van der Waals surface area contributed by atoms with Crippen LogP contribution in [-0.2, 0) is 9.53 Å². The third-order valence-electron chi connectivity index (χ3n) is 5.07. The van der Waals surface area contributed by atoms with E-state index in [4.69, 9.17) is 4.74 Å². The quantitative estimate of drug-likeness (QED) is 0.437. The lowest BCUT2D eigenvalue weighted by Gasteiger charge is -2.45. The number of hydrogen-bond donors (Lipinski definition) is 0. The maximum Gasteiger partial charge on any atom is 0.146 e. The van der Waals surface area contributed by atoms with Gasteiger partial charge in [-0.3, -0.25) is 4.79 Å². The Morgan fingerprint density at radius 1 is 1.53 bits per heavy atom. The van der Waals surface area contributed by atoms with Crippen LogP contribution in [0.1, 0.15) is 33.6 Å². The molecule has 0 unspecified atom stereocenters. The lowest BCUT2D eigenvalue weighted by molar-refractivity contribution is -0.104. The summed E-state index contributed by atoms with van der Waals surface area (Å²) in [6, 6.07) is 0. The second-order valence-electron chi connectivity index (χ2n) is 6.31. The number of rotatable bonds is 3. The third kappa shape index (κ3) is 2.18. The van der Waals surface area contributed by atoms with E-state index in [1.165, 1.54) is 0 Å². The highest BCUT2D eigenvalue weighted by atomic mass is 16.5. The van der Waals surface area contributed by atoms with Crippen LogP contribution in [0.5, 0.6) is 0 Å². The first-order valence-electron chi connectivity index (χ1n) is 7.05. The molecule has 2 heteroatoms. The van der Waals surface area contributed by atoms with Crippen molar-refractivity contribution < 1.29 is 9.53 Å².